The number of hydrogen-bond acceptors (Lipinski definition) is 9. The van der Waals surface area contributed by atoms with Crippen molar-refractivity contribution in [3.05, 3.63) is 41.7 Å². The molecule has 1 aromatic heterocycles. The van der Waals surface area contributed by atoms with Gasteiger partial charge in [-0.3, -0.25) is 9.52 Å². The number of aromatic nitrogens is 1. The lowest BCUT2D eigenvalue weighted by molar-refractivity contribution is -0.141. The van der Waals surface area contributed by atoms with E-state index in [-0.39, 0.29) is 34.9 Å². The number of carbonyl (C=O) groups is 3. The molecule has 11 nitrogen and oxygen atoms in total. The van der Waals surface area contributed by atoms with Gasteiger partial charge in [-0.15, -0.1) is 0 Å². The number of ether oxygens (including phenoxy) is 4. The Morgan fingerprint density at radius 1 is 0.967 bits per heavy atom. The summed E-state index contributed by atoms with van der Waals surface area (Å²) in [5.74, 6) is -1.83. The average molecular weight is 440 g/mol. The third-order valence-corrected chi connectivity index (χ3v) is 5.21. The van der Waals surface area contributed by atoms with E-state index in [0.717, 1.165) is 20.4 Å². The first kappa shape index (κ1) is 22.7. The largest absolute Gasteiger partial charge is 0.493 e. The van der Waals surface area contributed by atoms with Crippen LogP contribution in [0.5, 0.6) is 5.75 Å². The number of anilines is 1. The van der Waals surface area contributed by atoms with Gasteiger partial charge in [0.2, 0.25) is 0 Å². The molecule has 12 heteroatoms. The summed E-state index contributed by atoms with van der Waals surface area (Å²) in [6.07, 6.45) is 1.17. The number of esters is 3. The summed E-state index contributed by atoms with van der Waals surface area (Å²) in [6.45, 7) is 0.0609. The highest BCUT2D eigenvalue weighted by Crippen LogP contribution is 2.26. The Labute approximate surface area is 172 Å². The van der Waals surface area contributed by atoms with Crippen LogP contribution in [0.15, 0.2) is 35.4 Å². The number of carbonyl (C=O) groups excluding carboxylic acids is 3. The van der Waals surface area contributed by atoms with Crippen LogP contribution in [0.1, 0.15) is 27.3 Å². The van der Waals surface area contributed by atoms with Crippen LogP contribution in [0, 0.1) is 0 Å². The zero-order valence-corrected chi connectivity index (χ0v) is 17.2. The van der Waals surface area contributed by atoms with Gasteiger partial charge in [-0.05, 0) is 24.3 Å². The Bertz CT molecular complexity index is 993. The molecule has 0 unspecified atom stereocenters. The third-order valence-electron chi connectivity index (χ3n) is 3.85. The molecule has 0 bridgehead atoms. The molecule has 0 radical (unpaired) electrons. The number of H-pyrrole nitrogens is 1. The summed E-state index contributed by atoms with van der Waals surface area (Å²) in [6, 6.07) is 5.31. The molecule has 0 saturated heterocycles. The van der Waals surface area contributed by atoms with Crippen LogP contribution in [0.25, 0.3) is 0 Å². The Morgan fingerprint density at radius 3 is 2.17 bits per heavy atom. The Hall–Kier alpha value is -3.54. The molecule has 162 valence electrons. The monoisotopic (exact) mass is 440 g/mol. The summed E-state index contributed by atoms with van der Waals surface area (Å²) >= 11 is 0. The summed E-state index contributed by atoms with van der Waals surface area (Å²) in [7, 11) is -0.696. The van der Waals surface area contributed by atoms with Gasteiger partial charge in [0.05, 0.1) is 44.9 Å². The minimum atomic E-state index is -4.18. The molecule has 0 spiro atoms. The highest BCUT2D eigenvalue weighted by molar-refractivity contribution is 7.92. The van der Waals surface area contributed by atoms with Crippen LogP contribution < -0.4 is 9.46 Å². The van der Waals surface area contributed by atoms with E-state index in [0.29, 0.717) is 5.75 Å². The fraction of sp³-hybridized carbons (Fsp3) is 0.278. The minimum Gasteiger partial charge on any atom is -0.493 e. The fourth-order valence-corrected chi connectivity index (χ4v) is 3.42. The van der Waals surface area contributed by atoms with Gasteiger partial charge < -0.3 is 23.9 Å². The van der Waals surface area contributed by atoms with Crippen molar-refractivity contribution in [2.75, 3.05) is 32.7 Å². The molecule has 2 N–H and O–H groups in total. The molecule has 1 heterocycles. The third kappa shape index (κ3) is 5.29. The van der Waals surface area contributed by atoms with Gasteiger partial charge in [0, 0.05) is 6.20 Å². The highest BCUT2D eigenvalue weighted by atomic mass is 32.2. The second kappa shape index (κ2) is 9.78. The maximum Gasteiger partial charge on any atom is 0.356 e. The van der Waals surface area contributed by atoms with Crippen LogP contribution in [-0.2, 0) is 29.0 Å². The predicted octanol–water partition coefficient (Wildman–Crippen LogP) is 1.33. The van der Waals surface area contributed by atoms with E-state index in [9.17, 15) is 22.8 Å². The van der Waals surface area contributed by atoms with Crippen molar-refractivity contribution < 1.29 is 41.7 Å². The number of benzene rings is 1. The lowest BCUT2D eigenvalue weighted by Crippen LogP contribution is -2.17. The van der Waals surface area contributed by atoms with Crippen molar-refractivity contribution in [3.8, 4) is 5.75 Å². The fourth-order valence-electron chi connectivity index (χ4n) is 2.33. The number of methoxy groups -OCH3 is 3. The molecule has 0 atom stereocenters. The maximum atomic E-state index is 12.7. The first-order chi connectivity index (χ1) is 14.2. The molecular formula is C18H20N2O9S. The van der Waals surface area contributed by atoms with E-state index in [1.807, 2.05) is 0 Å². The van der Waals surface area contributed by atoms with Crippen LogP contribution in [0.2, 0.25) is 0 Å². The lowest BCUT2D eigenvalue weighted by Gasteiger charge is -2.11. The van der Waals surface area contributed by atoms with E-state index in [1.165, 1.54) is 31.4 Å². The van der Waals surface area contributed by atoms with E-state index in [1.54, 1.807) is 0 Å². The summed E-state index contributed by atoms with van der Waals surface area (Å²) in [5.41, 5.74) is -0.749. The predicted molar refractivity (Wildman–Crippen MR) is 103 cm³/mol. The molecule has 0 saturated carbocycles. The zero-order chi connectivity index (χ0) is 22.3. The summed E-state index contributed by atoms with van der Waals surface area (Å²) in [5, 5.41) is 0. The van der Waals surface area contributed by atoms with Crippen LogP contribution >= 0.6 is 0 Å². The van der Waals surface area contributed by atoms with Gasteiger partial charge in [0.1, 0.15) is 17.0 Å². The molecule has 0 aliphatic carbocycles. The van der Waals surface area contributed by atoms with Gasteiger partial charge >= 0.3 is 17.9 Å². The molecule has 2 rings (SSSR count). The van der Waals surface area contributed by atoms with E-state index in [4.69, 9.17) is 4.74 Å². The summed E-state index contributed by atoms with van der Waals surface area (Å²) in [4.78, 5) is 37.2. The Kier molecular flexibility index (Phi) is 7.42. The van der Waals surface area contributed by atoms with Gasteiger partial charge in [0.25, 0.3) is 10.0 Å². The van der Waals surface area contributed by atoms with Crippen molar-refractivity contribution >= 4 is 33.6 Å². The number of rotatable bonds is 9. The van der Waals surface area contributed by atoms with Crippen molar-refractivity contribution in [2.24, 2.45) is 0 Å². The van der Waals surface area contributed by atoms with Gasteiger partial charge in [0.15, 0.2) is 0 Å². The van der Waals surface area contributed by atoms with Crippen molar-refractivity contribution in [3.63, 3.8) is 0 Å². The molecule has 0 fully saturated rings. The quantitative estimate of drug-likeness (QED) is 0.435. The van der Waals surface area contributed by atoms with Gasteiger partial charge in [-0.1, -0.05) is 0 Å². The molecule has 30 heavy (non-hydrogen) atoms. The van der Waals surface area contributed by atoms with Crippen molar-refractivity contribution in [1.82, 2.24) is 4.98 Å². The molecule has 0 aliphatic heterocycles. The first-order valence-electron chi connectivity index (χ1n) is 8.44. The Balaban J connectivity index is 2.24. The van der Waals surface area contributed by atoms with E-state index in [2.05, 4.69) is 23.9 Å². The minimum absolute atomic E-state index is 0.0399. The van der Waals surface area contributed by atoms with Crippen molar-refractivity contribution in [1.29, 1.82) is 0 Å². The van der Waals surface area contributed by atoms with Gasteiger partial charge in [-0.2, -0.15) is 0 Å². The summed E-state index contributed by atoms with van der Waals surface area (Å²) < 4.78 is 46.7. The van der Waals surface area contributed by atoms with Crippen LogP contribution in [0.3, 0.4) is 0 Å². The topological polar surface area (TPSA) is 150 Å². The van der Waals surface area contributed by atoms with Gasteiger partial charge in [-0.25, -0.2) is 18.0 Å². The molecule has 2 aromatic rings. The smallest absolute Gasteiger partial charge is 0.356 e. The molecule has 0 amide bonds. The number of sulfonamides is 1. The SMILES string of the molecule is COC(=O)CCOc1ccc(S(=O)(=O)Nc2c(C(=O)OC)c[nH]c2C(=O)OC)cc1. The molecule has 0 aliphatic rings. The Morgan fingerprint density at radius 2 is 1.60 bits per heavy atom. The number of nitrogens with one attached hydrogen (secondary N) is 2. The highest BCUT2D eigenvalue weighted by Gasteiger charge is 2.27. The standard InChI is InChI=1S/C18H20N2O9S/c1-26-14(21)8-9-29-11-4-6-12(7-5-11)30(24,25)20-15-13(17(22)27-2)10-19-16(15)18(23)28-3/h4-7,10,19-20H,8-9H2,1-3H3. The first-order valence-corrected chi connectivity index (χ1v) is 9.92. The second-order valence-electron chi connectivity index (χ2n) is 5.69. The zero-order valence-electron chi connectivity index (χ0n) is 16.4. The molecule has 1 aromatic carbocycles. The molecular weight excluding hydrogens is 420 g/mol. The average Bonchev–Trinajstić information content (AvgIpc) is 3.15. The maximum absolute atomic E-state index is 12.7. The van der Waals surface area contributed by atoms with E-state index >= 15 is 0 Å². The second-order valence-corrected chi connectivity index (χ2v) is 7.37. The normalized spacial score (nSPS) is 10.8. The van der Waals surface area contributed by atoms with Crippen molar-refractivity contribution in [2.45, 2.75) is 11.3 Å². The van der Waals surface area contributed by atoms with Crippen LogP contribution in [0.4, 0.5) is 5.69 Å². The number of aromatic amines is 1. The number of hydrogen-bond donors (Lipinski definition) is 2. The van der Waals surface area contributed by atoms with Crippen LogP contribution in [-0.4, -0.2) is 59.2 Å². The van der Waals surface area contributed by atoms with E-state index < -0.39 is 27.9 Å². The lowest BCUT2D eigenvalue weighted by atomic mass is 10.2.